The fraction of sp³-hybridized carbons (Fsp3) is 0.571. The van der Waals surface area contributed by atoms with Crippen LogP contribution in [0.5, 0.6) is 0 Å². The number of aromatic nitrogens is 3. The highest BCUT2D eigenvalue weighted by Gasteiger charge is 2.28. The topological polar surface area (TPSA) is 57.5 Å². The molecule has 2 aliphatic heterocycles. The van der Waals surface area contributed by atoms with Crippen LogP contribution in [0.3, 0.4) is 0 Å². The van der Waals surface area contributed by atoms with Crippen LogP contribution in [-0.2, 0) is 13.0 Å². The number of benzene rings is 1. The Morgan fingerprint density at radius 2 is 2.00 bits per heavy atom. The van der Waals surface area contributed by atoms with Crippen LogP contribution >= 0.6 is 0 Å². The second-order valence-corrected chi connectivity index (χ2v) is 8.21. The van der Waals surface area contributed by atoms with Crippen LogP contribution in [0.4, 0.5) is 5.69 Å². The molecule has 4 rings (SSSR count). The molecule has 1 amide bonds. The summed E-state index contributed by atoms with van der Waals surface area (Å²) in [5.41, 5.74) is 1.79. The van der Waals surface area contributed by atoms with Crippen LogP contribution in [0.25, 0.3) is 0 Å². The van der Waals surface area contributed by atoms with Crippen molar-refractivity contribution in [3.63, 3.8) is 0 Å². The van der Waals surface area contributed by atoms with E-state index < -0.39 is 0 Å². The van der Waals surface area contributed by atoms with Gasteiger partial charge in [-0.25, -0.2) is 0 Å². The fourth-order valence-electron chi connectivity index (χ4n) is 4.33. The summed E-state index contributed by atoms with van der Waals surface area (Å²) >= 11 is 0. The van der Waals surface area contributed by atoms with Crippen molar-refractivity contribution in [2.45, 2.75) is 31.7 Å². The van der Waals surface area contributed by atoms with Crippen molar-refractivity contribution >= 4 is 11.6 Å². The highest BCUT2D eigenvalue weighted by atomic mass is 16.2. The zero-order valence-electron chi connectivity index (χ0n) is 17.1. The number of hydrogen-bond acceptors (Lipinski definition) is 5. The van der Waals surface area contributed by atoms with Gasteiger partial charge in [0.15, 0.2) is 0 Å². The Hall–Kier alpha value is -2.41. The summed E-state index contributed by atoms with van der Waals surface area (Å²) < 4.78 is 2.27. The molecule has 0 aliphatic carbocycles. The van der Waals surface area contributed by atoms with Crippen LogP contribution in [0, 0.1) is 0 Å². The molecule has 1 atom stereocenters. The number of carbonyl (C=O) groups excluding carboxylic acids is 1. The second-order valence-electron chi connectivity index (χ2n) is 8.21. The molecule has 2 aliphatic rings. The van der Waals surface area contributed by atoms with Crippen molar-refractivity contribution in [1.29, 1.82) is 0 Å². The van der Waals surface area contributed by atoms with Crippen LogP contribution in [0.15, 0.2) is 24.3 Å². The van der Waals surface area contributed by atoms with Crippen molar-refractivity contribution in [2.24, 2.45) is 0 Å². The van der Waals surface area contributed by atoms with Crippen molar-refractivity contribution < 1.29 is 4.79 Å². The minimum Gasteiger partial charge on any atom is -0.378 e. The van der Waals surface area contributed by atoms with Crippen molar-refractivity contribution in [1.82, 2.24) is 24.6 Å². The molecule has 2 aromatic rings. The van der Waals surface area contributed by atoms with E-state index in [1.54, 1.807) is 0 Å². The van der Waals surface area contributed by atoms with Gasteiger partial charge < -0.3 is 19.3 Å². The highest BCUT2D eigenvalue weighted by Crippen LogP contribution is 2.26. The lowest BCUT2D eigenvalue weighted by Crippen LogP contribution is -2.34. The minimum absolute atomic E-state index is 0.0985. The lowest BCUT2D eigenvalue weighted by atomic mass is 9.97. The van der Waals surface area contributed by atoms with E-state index in [4.69, 9.17) is 0 Å². The van der Waals surface area contributed by atoms with E-state index in [9.17, 15) is 4.79 Å². The predicted octanol–water partition coefficient (Wildman–Crippen LogP) is 1.85. The smallest absolute Gasteiger partial charge is 0.254 e. The monoisotopic (exact) mass is 382 g/mol. The molecule has 1 aromatic carbocycles. The van der Waals surface area contributed by atoms with E-state index in [1.165, 1.54) is 12.8 Å². The first-order chi connectivity index (χ1) is 13.5. The Balaban J connectivity index is 1.49. The summed E-state index contributed by atoms with van der Waals surface area (Å²) in [6, 6.07) is 7.85. The number of rotatable bonds is 3. The van der Waals surface area contributed by atoms with Gasteiger partial charge in [-0.1, -0.05) is 6.07 Å². The number of likely N-dealkylation sites (tertiary alicyclic amines) is 1. The molecule has 0 radical (unpaired) electrons. The maximum atomic E-state index is 13.1. The van der Waals surface area contributed by atoms with Crippen molar-refractivity contribution in [3.8, 4) is 0 Å². The van der Waals surface area contributed by atoms with Crippen molar-refractivity contribution in [2.75, 3.05) is 52.2 Å². The van der Waals surface area contributed by atoms with E-state index in [2.05, 4.69) is 26.7 Å². The maximum absolute atomic E-state index is 13.1. The summed E-state index contributed by atoms with van der Waals surface area (Å²) in [5.74, 6) is 2.66. The predicted molar refractivity (Wildman–Crippen MR) is 110 cm³/mol. The molecule has 7 nitrogen and oxygen atoms in total. The van der Waals surface area contributed by atoms with Gasteiger partial charge in [-0.05, 0) is 44.6 Å². The molecule has 0 saturated carbocycles. The molecular formula is C21H30N6O. The number of anilines is 1. The van der Waals surface area contributed by atoms with E-state index >= 15 is 0 Å². The van der Waals surface area contributed by atoms with Crippen LogP contribution in [-0.4, -0.2) is 77.8 Å². The Morgan fingerprint density at radius 1 is 1.14 bits per heavy atom. The average Bonchev–Trinajstić information content (AvgIpc) is 2.99. The van der Waals surface area contributed by atoms with Gasteiger partial charge in [0.1, 0.15) is 11.6 Å². The number of carbonyl (C=O) groups is 1. The van der Waals surface area contributed by atoms with Gasteiger partial charge in [-0.2, -0.15) is 0 Å². The van der Waals surface area contributed by atoms with E-state index in [1.807, 2.05) is 48.2 Å². The largest absolute Gasteiger partial charge is 0.378 e. The molecule has 0 N–H and O–H groups in total. The first-order valence-corrected chi connectivity index (χ1v) is 10.2. The standard InChI is InChI=1S/C21H30N6O/c1-24(2)18-8-4-6-16(14-18)21(28)26-11-9-19-22-23-20(27(19)13-12-26)17-7-5-10-25(3)15-17/h4,6,8,14,17H,5,7,9-13,15H2,1-3H3. The van der Waals surface area contributed by atoms with Gasteiger partial charge in [0.2, 0.25) is 0 Å². The van der Waals surface area contributed by atoms with Crippen LogP contribution in [0.2, 0.25) is 0 Å². The lowest BCUT2D eigenvalue weighted by molar-refractivity contribution is 0.0758. The number of amides is 1. The first kappa shape index (κ1) is 18.9. The molecule has 1 aromatic heterocycles. The van der Waals surface area contributed by atoms with Gasteiger partial charge in [0.25, 0.3) is 5.91 Å². The SMILES string of the molecule is CN1CCCC(c2nnc3n2CCN(C(=O)c2cccc(N(C)C)c2)CC3)C1. The number of nitrogens with zero attached hydrogens (tertiary/aromatic N) is 6. The second kappa shape index (κ2) is 7.91. The van der Waals surface area contributed by atoms with Gasteiger partial charge in [0.05, 0.1) is 0 Å². The molecule has 0 spiro atoms. The molecule has 3 heterocycles. The maximum Gasteiger partial charge on any atom is 0.254 e. The molecule has 28 heavy (non-hydrogen) atoms. The number of piperidine rings is 1. The van der Waals surface area contributed by atoms with Gasteiger partial charge in [0, 0.05) is 63.9 Å². The van der Waals surface area contributed by atoms with Gasteiger partial charge in [-0.3, -0.25) is 4.79 Å². The Kier molecular flexibility index (Phi) is 5.35. The first-order valence-electron chi connectivity index (χ1n) is 10.2. The zero-order valence-corrected chi connectivity index (χ0v) is 17.1. The normalized spacial score (nSPS) is 20.5. The molecule has 150 valence electrons. The van der Waals surface area contributed by atoms with Crippen molar-refractivity contribution in [3.05, 3.63) is 41.5 Å². The van der Waals surface area contributed by atoms with E-state index in [0.717, 1.165) is 49.0 Å². The number of hydrogen-bond donors (Lipinski definition) is 0. The summed E-state index contributed by atoms with van der Waals surface area (Å²) in [4.78, 5) is 19.4. The summed E-state index contributed by atoms with van der Waals surface area (Å²) in [6.45, 7) is 4.36. The molecule has 0 bridgehead atoms. The molecule has 1 fully saturated rings. The highest BCUT2D eigenvalue weighted by molar-refractivity contribution is 5.95. The molecule has 1 unspecified atom stereocenters. The third-order valence-electron chi connectivity index (χ3n) is 5.94. The fourth-order valence-corrected chi connectivity index (χ4v) is 4.33. The number of likely N-dealkylation sites (N-methyl/N-ethyl adjacent to an activating group) is 1. The van der Waals surface area contributed by atoms with Gasteiger partial charge >= 0.3 is 0 Å². The van der Waals surface area contributed by atoms with E-state index in [-0.39, 0.29) is 5.91 Å². The van der Waals surface area contributed by atoms with Crippen LogP contribution < -0.4 is 4.90 Å². The zero-order chi connectivity index (χ0) is 19.7. The molecule has 7 heteroatoms. The van der Waals surface area contributed by atoms with E-state index in [0.29, 0.717) is 19.0 Å². The molecular weight excluding hydrogens is 352 g/mol. The third kappa shape index (κ3) is 3.76. The van der Waals surface area contributed by atoms with Gasteiger partial charge in [-0.15, -0.1) is 10.2 Å². The summed E-state index contributed by atoms with van der Waals surface area (Å²) in [6.07, 6.45) is 3.13. The third-order valence-corrected chi connectivity index (χ3v) is 5.94. The Labute approximate surface area is 166 Å². The Bertz CT molecular complexity index is 845. The number of fused-ring (bicyclic) bond motifs is 1. The van der Waals surface area contributed by atoms with Crippen LogP contribution in [0.1, 0.15) is 40.8 Å². The average molecular weight is 383 g/mol. The minimum atomic E-state index is 0.0985. The lowest BCUT2D eigenvalue weighted by Gasteiger charge is -2.29. The molecule has 1 saturated heterocycles. The summed E-state index contributed by atoms with van der Waals surface area (Å²) in [7, 11) is 6.16. The quantitative estimate of drug-likeness (QED) is 0.811. The Morgan fingerprint density at radius 3 is 2.79 bits per heavy atom. The summed E-state index contributed by atoms with van der Waals surface area (Å²) in [5, 5.41) is 9.00.